The molecule has 1 amide bonds. The van der Waals surface area contributed by atoms with E-state index in [1.807, 2.05) is 12.1 Å². The number of carboxylic acid groups (broad SMARTS) is 1. The third-order valence-corrected chi connectivity index (χ3v) is 3.71. The monoisotopic (exact) mass is 310 g/mol. The van der Waals surface area contributed by atoms with Crippen molar-refractivity contribution in [3.05, 3.63) is 58.4 Å². The van der Waals surface area contributed by atoms with E-state index in [4.69, 9.17) is 5.11 Å². The molecule has 0 unspecified atom stereocenters. The van der Waals surface area contributed by atoms with Gasteiger partial charge in [-0.05, 0) is 30.5 Å². The van der Waals surface area contributed by atoms with Crippen molar-refractivity contribution in [1.29, 1.82) is 0 Å². The van der Waals surface area contributed by atoms with Gasteiger partial charge in [0, 0.05) is 21.9 Å². The summed E-state index contributed by atoms with van der Waals surface area (Å²) in [7, 11) is 0. The molecule has 1 aromatic heterocycles. The van der Waals surface area contributed by atoms with E-state index < -0.39 is 17.9 Å². The zero-order chi connectivity index (χ0) is 16.6. The molecule has 116 valence electrons. The largest absolute Gasteiger partial charge is 0.480 e. The predicted octanol–water partition coefficient (Wildman–Crippen LogP) is 1.88. The van der Waals surface area contributed by atoms with E-state index in [2.05, 4.69) is 10.3 Å². The zero-order valence-corrected chi connectivity index (χ0v) is 12.3. The first-order valence-electron chi connectivity index (χ1n) is 7.06. The fourth-order valence-electron chi connectivity index (χ4n) is 2.47. The van der Waals surface area contributed by atoms with E-state index in [-0.39, 0.29) is 11.1 Å². The van der Waals surface area contributed by atoms with E-state index in [1.165, 1.54) is 6.92 Å². The van der Waals surface area contributed by atoms with Gasteiger partial charge in [-0.2, -0.15) is 0 Å². The molecule has 6 heteroatoms. The SMILES string of the molecule is C[C@H](NC(=O)c1ccc2c(c1)[nH]c(=O)c1ccccc12)C(=O)O. The lowest BCUT2D eigenvalue weighted by Gasteiger charge is -2.10. The number of H-pyrrole nitrogens is 1. The first-order valence-corrected chi connectivity index (χ1v) is 7.06. The number of aromatic nitrogens is 1. The van der Waals surface area contributed by atoms with Crippen LogP contribution in [0.2, 0.25) is 0 Å². The van der Waals surface area contributed by atoms with Crippen molar-refractivity contribution in [2.75, 3.05) is 0 Å². The molecule has 0 aliphatic carbocycles. The number of pyridine rings is 1. The molecule has 3 N–H and O–H groups in total. The Balaban J connectivity index is 2.09. The second-order valence-corrected chi connectivity index (χ2v) is 5.29. The molecule has 23 heavy (non-hydrogen) atoms. The van der Waals surface area contributed by atoms with Gasteiger partial charge in [-0.3, -0.25) is 14.4 Å². The summed E-state index contributed by atoms with van der Waals surface area (Å²) in [6.45, 7) is 1.39. The van der Waals surface area contributed by atoms with Crippen molar-refractivity contribution in [3.8, 4) is 0 Å². The van der Waals surface area contributed by atoms with Gasteiger partial charge in [0.1, 0.15) is 6.04 Å². The van der Waals surface area contributed by atoms with Gasteiger partial charge >= 0.3 is 5.97 Å². The third kappa shape index (κ3) is 2.66. The number of fused-ring (bicyclic) bond motifs is 3. The lowest BCUT2D eigenvalue weighted by atomic mass is 10.0. The quantitative estimate of drug-likeness (QED) is 0.643. The fraction of sp³-hybridized carbons (Fsp3) is 0.118. The Morgan fingerprint density at radius 1 is 1.09 bits per heavy atom. The molecule has 1 heterocycles. The maximum absolute atomic E-state index is 12.1. The zero-order valence-electron chi connectivity index (χ0n) is 12.3. The summed E-state index contributed by atoms with van der Waals surface area (Å²) in [5, 5.41) is 13.4. The van der Waals surface area contributed by atoms with Gasteiger partial charge in [0.05, 0.1) is 0 Å². The number of hydrogen-bond donors (Lipinski definition) is 3. The highest BCUT2D eigenvalue weighted by Gasteiger charge is 2.16. The summed E-state index contributed by atoms with van der Waals surface area (Å²) in [4.78, 5) is 37.8. The van der Waals surface area contributed by atoms with Gasteiger partial charge in [-0.25, -0.2) is 0 Å². The number of aliphatic carboxylic acids is 1. The number of nitrogens with one attached hydrogen (secondary N) is 2. The van der Waals surface area contributed by atoms with Gasteiger partial charge in [0.2, 0.25) is 0 Å². The van der Waals surface area contributed by atoms with Crippen molar-refractivity contribution in [2.45, 2.75) is 13.0 Å². The van der Waals surface area contributed by atoms with Crippen LogP contribution in [0.4, 0.5) is 0 Å². The number of rotatable bonds is 3. The lowest BCUT2D eigenvalue weighted by Crippen LogP contribution is -2.38. The van der Waals surface area contributed by atoms with Crippen molar-refractivity contribution < 1.29 is 14.7 Å². The van der Waals surface area contributed by atoms with Crippen LogP contribution in [-0.2, 0) is 4.79 Å². The molecule has 0 fully saturated rings. The number of carbonyl (C=O) groups excluding carboxylic acids is 1. The van der Waals surface area contributed by atoms with Gasteiger partial charge in [-0.1, -0.05) is 24.3 Å². The molecule has 0 radical (unpaired) electrons. The molecule has 3 aromatic rings. The molecule has 0 saturated carbocycles. The smallest absolute Gasteiger partial charge is 0.325 e. The van der Waals surface area contributed by atoms with Gasteiger partial charge in [0.15, 0.2) is 0 Å². The summed E-state index contributed by atoms with van der Waals surface area (Å²) in [5.41, 5.74) is 0.588. The third-order valence-electron chi connectivity index (χ3n) is 3.71. The van der Waals surface area contributed by atoms with Crippen molar-refractivity contribution in [3.63, 3.8) is 0 Å². The molecular weight excluding hydrogens is 296 g/mol. The van der Waals surface area contributed by atoms with Gasteiger partial charge < -0.3 is 15.4 Å². The van der Waals surface area contributed by atoms with Crippen LogP contribution in [0.3, 0.4) is 0 Å². The number of aromatic amines is 1. The van der Waals surface area contributed by atoms with Crippen molar-refractivity contribution in [1.82, 2.24) is 10.3 Å². The maximum atomic E-state index is 12.1. The molecule has 6 nitrogen and oxygen atoms in total. The molecule has 0 bridgehead atoms. The van der Waals surface area contributed by atoms with E-state index >= 15 is 0 Å². The highest BCUT2D eigenvalue weighted by Crippen LogP contribution is 2.21. The minimum absolute atomic E-state index is 0.232. The van der Waals surface area contributed by atoms with E-state index in [9.17, 15) is 14.4 Å². The minimum Gasteiger partial charge on any atom is -0.480 e. The second-order valence-electron chi connectivity index (χ2n) is 5.29. The Morgan fingerprint density at radius 2 is 1.78 bits per heavy atom. The molecular formula is C17H14N2O4. The highest BCUT2D eigenvalue weighted by molar-refractivity contribution is 6.07. The van der Waals surface area contributed by atoms with Crippen molar-refractivity contribution >= 4 is 33.6 Å². The summed E-state index contributed by atoms with van der Waals surface area (Å²) >= 11 is 0. The summed E-state index contributed by atoms with van der Waals surface area (Å²) in [6, 6.07) is 11.1. The first kappa shape index (κ1) is 14.8. The summed E-state index contributed by atoms with van der Waals surface area (Å²) in [6.07, 6.45) is 0. The van der Waals surface area contributed by atoms with Gasteiger partial charge in [0.25, 0.3) is 11.5 Å². The predicted molar refractivity (Wildman–Crippen MR) is 86.6 cm³/mol. The van der Waals surface area contributed by atoms with Crippen LogP contribution in [0, 0.1) is 0 Å². The fourth-order valence-corrected chi connectivity index (χ4v) is 2.47. The molecule has 0 aliphatic heterocycles. The number of amides is 1. The Bertz CT molecular complexity index is 991. The number of carbonyl (C=O) groups is 2. The topological polar surface area (TPSA) is 99.3 Å². The van der Waals surface area contributed by atoms with Crippen LogP contribution in [0.1, 0.15) is 17.3 Å². The van der Waals surface area contributed by atoms with Crippen LogP contribution >= 0.6 is 0 Å². The lowest BCUT2D eigenvalue weighted by molar-refractivity contribution is -0.138. The van der Waals surface area contributed by atoms with Gasteiger partial charge in [-0.15, -0.1) is 0 Å². The average Bonchev–Trinajstić information content (AvgIpc) is 2.54. The van der Waals surface area contributed by atoms with Crippen LogP contribution in [-0.4, -0.2) is 28.0 Å². The number of carboxylic acids is 1. The van der Waals surface area contributed by atoms with Crippen LogP contribution in [0.5, 0.6) is 0 Å². The standard InChI is InChI=1S/C17H14N2O4/c1-9(17(22)23)18-15(20)10-6-7-12-11-4-2-3-5-13(11)16(21)19-14(12)8-10/h2-9H,1H3,(H,18,20)(H,19,21)(H,22,23)/t9-/m0/s1. The number of hydrogen-bond acceptors (Lipinski definition) is 3. The average molecular weight is 310 g/mol. The Labute approximate surface area is 130 Å². The summed E-state index contributed by atoms with van der Waals surface area (Å²) < 4.78 is 0. The van der Waals surface area contributed by atoms with Crippen molar-refractivity contribution in [2.24, 2.45) is 0 Å². The van der Waals surface area contributed by atoms with E-state index in [1.54, 1.807) is 30.3 Å². The van der Waals surface area contributed by atoms with E-state index in [0.717, 1.165) is 10.8 Å². The minimum atomic E-state index is -1.11. The molecule has 2 aromatic carbocycles. The molecule has 0 spiro atoms. The molecule has 0 aliphatic rings. The molecule has 1 atom stereocenters. The Morgan fingerprint density at radius 3 is 2.48 bits per heavy atom. The number of benzene rings is 2. The van der Waals surface area contributed by atoms with Crippen LogP contribution < -0.4 is 10.9 Å². The Hall–Kier alpha value is -3.15. The Kier molecular flexibility index (Phi) is 3.57. The second kappa shape index (κ2) is 5.57. The summed E-state index contributed by atoms with van der Waals surface area (Å²) in [5.74, 6) is -1.62. The van der Waals surface area contributed by atoms with Crippen LogP contribution in [0.25, 0.3) is 21.7 Å². The molecule has 0 saturated heterocycles. The van der Waals surface area contributed by atoms with Crippen LogP contribution in [0.15, 0.2) is 47.3 Å². The molecule has 3 rings (SSSR count). The normalized spacial score (nSPS) is 12.2. The highest BCUT2D eigenvalue weighted by atomic mass is 16.4. The first-order chi connectivity index (χ1) is 11.0. The maximum Gasteiger partial charge on any atom is 0.325 e. The van der Waals surface area contributed by atoms with E-state index in [0.29, 0.717) is 10.9 Å².